The fraction of sp³-hybridized carbons (Fsp3) is 0.846. The molecule has 0 spiro atoms. The quantitative estimate of drug-likeness (QED) is 0.764. The van der Waals surface area contributed by atoms with E-state index >= 15 is 0 Å². The molecule has 1 aliphatic rings. The number of carbonyl (C=O) groups is 2. The Morgan fingerprint density at radius 3 is 2.61 bits per heavy atom. The Bertz CT molecular complexity index is 305. The molecule has 2 unspecified atom stereocenters. The van der Waals surface area contributed by atoms with Crippen LogP contribution in [0.4, 0.5) is 0 Å². The van der Waals surface area contributed by atoms with E-state index in [9.17, 15) is 9.59 Å². The second-order valence-electron chi connectivity index (χ2n) is 5.11. The predicted molar refractivity (Wildman–Crippen MR) is 69.1 cm³/mol. The van der Waals surface area contributed by atoms with Gasteiger partial charge in [0.05, 0.1) is 19.3 Å². The van der Waals surface area contributed by atoms with E-state index in [0.29, 0.717) is 13.2 Å². The van der Waals surface area contributed by atoms with Crippen molar-refractivity contribution in [3.05, 3.63) is 0 Å². The minimum absolute atomic E-state index is 0.0105. The predicted octanol–water partition coefficient (Wildman–Crippen LogP) is 0.784. The summed E-state index contributed by atoms with van der Waals surface area (Å²) in [5.74, 6) is 0.0935. The molecule has 5 nitrogen and oxygen atoms in total. The Hall–Kier alpha value is -1.10. The smallest absolute Gasteiger partial charge is 0.245 e. The molecule has 104 valence electrons. The molecule has 1 aliphatic heterocycles. The number of carbonyl (C=O) groups excluding carboxylic acids is 2. The largest absolute Gasteiger partial charge is 0.377 e. The van der Waals surface area contributed by atoms with Gasteiger partial charge in [-0.2, -0.15) is 0 Å². The average molecular weight is 256 g/mol. The van der Waals surface area contributed by atoms with Gasteiger partial charge < -0.3 is 15.0 Å². The lowest BCUT2D eigenvalue weighted by atomic mass is 9.96. The van der Waals surface area contributed by atoms with Gasteiger partial charge in [0, 0.05) is 6.54 Å². The molecular formula is C13H24N2O3. The molecule has 18 heavy (non-hydrogen) atoms. The molecule has 2 amide bonds. The first-order chi connectivity index (χ1) is 8.45. The normalized spacial score (nSPS) is 22.3. The van der Waals surface area contributed by atoms with Gasteiger partial charge in [0.25, 0.3) is 0 Å². The van der Waals surface area contributed by atoms with Crippen molar-refractivity contribution >= 4 is 11.8 Å². The number of piperazine rings is 1. The maximum Gasteiger partial charge on any atom is 0.245 e. The summed E-state index contributed by atoms with van der Waals surface area (Å²) < 4.78 is 5.42. The number of nitrogens with one attached hydrogen (secondary N) is 1. The molecular weight excluding hydrogens is 232 g/mol. The van der Waals surface area contributed by atoms with E-state index in [-0.39, 0.29) is 36.4 Å². The molecule has 0 saturated carbocycles. The van der Waals surface area contributed by atoms with E-state index in [2.05, 4.69) is 5.32 Å². The first-order valence-corrected chi connectivity index (χ1v) is 6.65. The summed E-state index contributed by atoms with van der Waals surface area (Å²) in [6, 6.07) is -0.379. The summed E-state index contributed by atoms with van der Waals surface area (Å²) in [5.41, 5.74) is 0. The van der Waals surface area contributed by atoms with Crippen LogP contribution in [0.1, 0.15) is 34.1 Å². The van der Waals surface area contributed by atoms with Crippen molar-refractivity contribution < 1.29 is 14.3 Å². The molecule has 1 fully saturated rings. The van der Waals surface area contributed by atoms with E-state index in [1.807, 2.05) is 27.7 Å². The summed E-state index contributed by atoms with van der Waals surface area (Å²) in [6.45, 7) is 9.01. The lowest BCUT2D eigenvalue weighted by Crippen LogP contribution is -2.60. The van der Waals surface area contributed by atoms with E-state index < -0.39 is 0 Å². The van der Waals surface area contributed by atoms with Crippen molar-refractivity contribution in [1.82, 2.24) is 10.2 Å². The maximum absolute atomic E-state index is 12.2. The fourth-order valence-corrected chi connectivity index (χ4v) is 1.94. The first-order valence-electron chi connectivity index (χ1n) is 6.65. The highest BCUT2D eigenvalue weighted by molar-refractivity contribution is 5.95. The third-order valence-corrected chi connectivity index (χ3v) is 3.25. The van der Waals surface area contributed by atoms with Crippen LogP contribution >= 0.6 is 0 Å². The molecule has 1 heterocycles. The third kappa shape index (κ3) is 3.98. The van der Waals surface area contributed by atoms with Gasteiger partial charge in [-0.15, -0.1) is 0 Å². The molecule has 0 bridgehead atoms. The van der Waals surface area contributed by atoms with Crippen LogP contribution in [0.2, 0.25) is 0 Å². The Morgan fingerprint density at radius 2 is 2.06 bits per heavy atom. The molecule has 1 rings (SSSR count). The van der Waals surface area contributed by atoms with E-state index in [1.54, 1.807) is 4.90 Å². The first kappa shape index (κ1) is 15.0. The second kappa shape index (κ2) is 6.73. The molecule has 1 saturated heterocycles. The van der Waals surface area contributed by atoms with Crippen LogP contribution < -0.4 is 5.32 Å². The lowest BCUT2D eigenvalue weighted by Gasteiger charge is -2.35. The SMILES string of the molecule is CCC(C)C1NC(=O)CN(CCOC(C)C)C1=O. The number of amides is 2. The molecule has 0 radical (unpaired) electrons. The summed E-state index contributed by atoms with van der Waals surface area (Å²) >= 11 is 0. The maximum atomic E-state index is 12.2. The molecule has 0 aliphatic carbocycles. The van der Waals surface area contributed by atoms with Gasteiger partial charge >= 0.3 is 0 Å². The summed E-state index contributed by atoms with van der Waals surface area (Å²) in [6.07, 6.45) is 1.01. The number of rotatable bonds is 6. The van der Waals surface area contributed by atoms with Crippen LogP contribution in [0.3, 0.4) is 0 Å². The van der Waals surface area contributed by atoms with Crippen molar-refractivity contribution in [2.75, 3.05) is 19.7 Å². The Balaban J connectivity index is 2.56. The Morgan fingerprint density at radius 1 is 1.39 bits per heavy atom. The number of ether oxygens (including phenoxy) is 1. The minimum atomic E-state index is -0.379. The second-order valence-corrected chi connectivity index (χ2v) is 5.11. The van der Waals surface area contributed by atoms with Gasteiger partial charge in [0.1, 0.15) is 6.04 Å². The van der Waals surface area contributed by atoms with Gasteiger partial charge in [0.2, 0.25) is 11.8 Å². The molecule has 1 N–H and O–H groups in total. The van der Waals surface area contributed by atoms with Gasteiger partial charge in [0.15, 0.2) is 0 Å². The monoisotopic (exact) mass is 256 g/mol. The number of hydrogen-bond donors (Lipinski definition) is 1. The van der Waals surface area contributed by atoms with Crippen LogP contribution in [0.15, 0.2) is 0 Å². The molecule has 0 aromatic carbocycles. The molecule has 5 heteroatoms. The minimum Gasteiger partial charge on any atom is -0.377 e. The fourth-order valence-electron chi connectivity index (χ4n) is 1.94. The topological polar surface area (TPSA) is 58.6 Å². The summed E-state index contributed by atoms with van der Waals surface area (Å²) in [7, 11) is 0. The van der Waals surface area contributed by atoms with Gasteiger partial charge in [-0.3, -0.25) is 9.59 Å². The van der Waals surface area contributed by atoms with Crippen LogP contribution in [0.25, 0.3) is 0 Å². The number of nitrogens with zero attached hydrogens (tertiary/aromatic N) is 1. The zero-order valence-electron chi connectivity index (χ0n) is 11.7. The highest BCUT2D eigenvalue weighted by Crippen LogP contribution is 2.14. The average Bonchev–Trinajstić information content (AvgIpc) is 2.31. The van der Waals surface area contributed by atoms with Crippen molar-refractivity contribution in [2.24, 2.45) is 5.92 Å². The van der Waals surface area contributed by atoms with Crippen molar-refractivity contribution in [1.29, 1.82) is 0 Å². The molecule has 0 aromatic heterocycles. The van der Waals surface area contributed by atoms with Crippen molar-refractivity contribution in [2.45, 2.75) is 46.3 Å². The van der Waals surface area contributed by atoms with Crippen molar-refractivity contribution in [3.63, 3.8) is 0 Å². The highest BCUT2D eigenvalue weighted by Gasteiger charge is 2.35. The van der Waals surface area contributed by atoms with E-state index in [1.165, 1.54) is 0 Å². The number of hydrogen-bond acceptors (Lipinski definition) is 3. The lowest BCUT2D eigenvalue weighted by molar-refractivity contribution is -0.146. The summed E-state index contributed by atoms with van der Waals surface area (Å²) in [4.78, 5) is 25.4. The van der Waals surface area contributed by atoms with Gasteiger partial charge in [-0.05, 0) is 19.8 Å². The Labute approximate surface area is 109 Å². The third-order valence-electron chi connectivity index (χ3n) is 3.25. The Kier molecular flexibility index (Phi) is 5.59. The summed E-state index contributed by atoms with van der Waals surface area (Å²) in [5, 5.41) is 2.78. The van der Waals surface area contributed by atoms with Crippen LogP contribution in [0.5, 0.6) is 0 Å². The van der Waals surface area contributed by atoms with E-state index in [0.717, 1.165) is 6.42 Å². The zero-order valence-corrected chi connectivity index (χ0v) is 11.7. The van der Waals surface area contributed by atoms with Crippen molar-refractivity contribution in [3.8, 4) is 0 Å². The van der Waals surface area contributed by atoms with Gasteiger partial charge in [-0.1, -0.05) is 20.3 Å². The van der Waals surface area contributed by atoms with Gasteiger partial charge in [-0.25, -0.2) is 0 Å². The van der Waals surface area contributed by atoms with E-state index in [4.69, 9.17) is 4.74 Å². The standard InChI is InChI=1S/C13H24N2O3/c1-5-10(4)12-13(17)15(8-11(16)14-12)6-7-18-9(2)3/h9-10,12H,5-8H2,1-4H3,(H,14,16). The molecule has 2 atom stereocenters. The molecule has 0 aromatic rings. The van der Waals surface area contributed by atoms with Crippen LogP contribution in [-0.4, -0.2) is 48.6 Å². The zero-order chi connectivity index (χ0) is 13.7. The van der Waals surface area contributed by atoms with Crippen LogP contribution in [0, 0.1) is 5.92 Å². The highest BCUT2D eigenvalue weighted by atomic mass is 16.5. The van der Waals surface area contributed by atoms with Crippen LogP contribution in [-0.2, 0) is 14.3 Å².